The van der Waals surface area contributed by atoms with Crippen molar-refractivity contribution in [2.75, 3.05) is 11.1 Å². The number of thioether (sulfide) groups is 1. The maximum Gasteiger partial charge on any atom is 0.227 e. The summed E-state index contributed by atoms with van der Waals surface area (Å²) in [5.41, 5.74) is 2.79. The molecule has 4 rings (SSSR count). The van der Waals surface area contributed by atoms with E-state index in [2.05, 4.69) is 29.2 Å². The van der Waals surface area contributed by atoms with Gasteiger partial charge in [0.2, 0.25) is 11.1 Å². The first-order chi connectivity index (χ1) is 12.1. The molecule has 1 aromatic carbocycles. The molecule has 2 aliphatic rings. The third kappa shape index (κ3) is 2.98. The summed E-state index contributed by atoms with van der Waals surface area (Å²) in [7, 11) is 0. The fourth-order valence-corrected chi connectivity index (χ4v) is 4.21. The van der Waals surface area contributed by atoms with Crippen LogP contribution in [0.5, 0.6) is 0 Å². The smallest absolute Gasteiger partial charge is 0.227 e. The van der Waals surface area contributed by atoms with E-state index < -0.39 is 0 Å². The summed E-state index contributed by atoms with van der Waals surface area (Å²) < 4.78 is 1.84. The summed E-state index contributed by atoms with van der Waals surface area (Å²) in [5, 5.41) is 9.41. The van der Waals surface area contributed by atoms with Crippen LogP contribution in [0.1, 0.15) is 38.3 Å². The number of Topliss-reactive ketones (excluding diaryl/α,β-unsaturated/α-hetero) is 1. The van der Waals surface area contributed by atoms with Gasteiger partial charge in [0.1, 0.15) is 6.04 Å². The number of rotatable bonds is 3. The maximum atomic E-state index is 12.8. The molecule has 2 aromatic rings. The van der Waals surface area contributed by atoms with E-state index in [0.717, 1.165) is 34.2 Å². The number of anilines is 1. The van der Waals surface area contributed by atoms with Gasteiger partial charge < -0.3 is 5.32 Å². The first kappa shape index (κ1) is 16.7. The van der Waals surface area contributed by atoms with Crippen molar-refractivity contribution in [2.45, 2.75) is 37.9 Å². The van der Waals surface area contributed by atoms with Crippen LogP contribution in [0, 0.1) is 5.92 Å². The van der Waals surface area contributed by atoms with E-state index in [1.807, 2.05) is 28.9 Å². The Hall–Kier alpha value is -1.79. The van der Waals surface area contributed by atoms with Gasteiger partial charge in [0, 0.05) is 22.7 Å². The maximum absolute atomic E-state index is 12.8. The molecular weight excluding hydrogens is 356 g/mol. The standard InChI is InChI=1S/C18H19ClN4OS/c1-3-25-18-21-17-20-13-8-10(2)9-14(24)15(13)16(23(17)22-18)11-4-6-12(19)7-5-11/h4-7,10,16H,3,8-9H2,1-2H3,(H,20,21,22)/t10-,16-/m1/s1. The lowest BCUT2D eigenvalue weighted by Gasteiger charge is -2.34. The molecule has 1 N–H and O–H groups in total. The number of nitrogens with zero attached hydrogens (tertiary/aromatic N) is 3. The Morgan fingerprint density at radius 3 is 2.80 bits per heavy atom. The zero-order valence-corrected chi connectivity index (χ0v) is 15.7. The summed E-state index contributed by atoms with van der Waals surface area (Å²) in [5.74, 6) is 2.13. The summed E-state index contributed by atoms with van der Waals surface area (Å²) >= 11 is 7.65. The van der Waals surface area contributed by atoms with E-state index in [0.29, 0.717) is 23.3 Å². The molecule has 0 unspecified atom stereocenters. The molecule has 0 amide bonds. The van der Waals surface area contributed by atoms with Gasteiger partial charge in [-0.05, 0) is 35.8 Å². The number of hydrogen-bond donors (Lipinski definition) is 1. The van der Waals surface area contributed by atoms with Crippen LogP contribution in [-0.4, -0.2) is 26.3 Å². The highest BCUT2D eigenvalue weighted by atomic mass is 35.5. The molecular formula is C18H19ClN4OS. The topological polar surface area (TPSA) is 59.8 Å². The van der Waals surface area contributed by atoms with Crippen molar-refractivity contribution >= 4 is 35.1 Å². The van der Waals surface area contributed by atoms with Crippen molar-refractivity contribution in [1.82, 2.24) is 14.8 Å². The second-order valence-electron chi connectivity index (χ2n) is 6.50. The predicted molar refractivity (Wildman–Crippen MR) is 100 cm³/mol. The van der Waals surface area contributed by atoms with Crippen LogP contribution in [-0.2, 0) is 4.79 Å². The number of fused-ring (bicyclic) bond motifs is 1. The molecule has 130 valence electrons. The Morgan fingerprint density at radius 2 is 2.08 bits per heavy atom. The number of carbonyl (C=O) groups excluding carboxylic acids is 1. The largest absolute Gasteiger partial charge is 0.328 e. The van der Waals surface area contributed by atoms with Gasteiger partial charge >= 0.3 is 0 Å². The SMILES string of the molecule is CCSc1nc2n(n1)[C@H](c1ccc(Cl)cc1)C1=C(C[C@@H](C)CC1=O)N2. The monoisotopic (exact) mass is 374 g/mol. The Labute approximate surface area is 155 Å². The minimum Gasteiger partial charge on any atom is -0.328 e. The Balaban J connectivity index is 1.86. The molecule has 0 bridgehead atoms. The van der Waals surface area contributed by atoms with Gasteiger partial charge in [0.15, 0.2) is 5.78 Å². The van der Waals surface area contributed by atoms with E-state index in [1.165, 1.54) is 0 Å². The molecule has 7 heteroatoms. The van der Waals surface area contributed by atoms with E-state index in [1.54, 1.807) is 11.8 Å². The van der Waals surface area contributed by atoms with Crippen LogP contribution in [0.15, 0.2) is 40.7 Å². The lowest BCUT2D eigenvalue weighted by molar-refractivity contribution is -0.117. The number of benzene rings is 1. The third-order valence-electron chi connectivity index (χ3n) is 4.56. The van der Waals surface area contributed by atoms with Gasteiger partial charge in [0.25, 0.3) is 0 Å². The van der Waals surface area contributed by atoms with Crippen molar-refractivity contribution in [3.8, 4) is 0 Å². The van der Waals surface area contributed by atoms with Gasteiger partial charge in [-0.3, -0.25) is 4.79 Å². The van der Waals surface area contributed by atoms with Gasteiger partial charge in [-0.25, -0.2) is 4.68 Å². The Kier molecular flexibility index (Phi) is 4.33. The molecule has 5 nitrogen and oxygen atoms in total. The Morgan fingerprint density at radius 1 is 1.32 bits per heavy atom. The van der Waals surface area contributed by atoms with Gasteiger partial charge in [-0.1, -0.05) is 49.3 Å². The molecule has 1 aliphatic carbocycles. The molecule has 0 fully saturated rings. The number of ketones is 1. The third-order valence-corrected chi connectivity index (χ3v) is 5.54. The van der Waals surface area contributed by atoms with E-state index in [-0.39, 0.29) is 11.8 Å². The highest BCUT2D eigenvalue weighted by molar-refractivity contribution is 7.99. The molecule has 0 radical (unpaired) electrons. The zero-order chi connectivity index (χ0) is 17.6. The summed E-state index contributed by atoms with van der Waals surface area (Å²) in [6.45, 7) is 4.18. The van der Waals surface area contributed by atoms with Crippen LogP contribution in [0.25, 0.3) is 0 Å². The second kappa shape index (κ2) is 6.50. The first-order valence-corrected chi connectivity index (χ1v) is 9.81. The van der Waals surface area contributed by atoms with Crippen molar-refractivity contribution in [3.63, 3.8) is 0 Å². The zero-order valence-electron chi connectivity index (χ0n) is 14.1. The van der Waals surface area contributed by atoms with E-state index >= 15 is 0 Å². The minimum absolute atomic E-state index is 0.187. The van der Waals surface area contributed by atoms with Crippen LogP contribution in [0.2, 0.25) is 5.02 Å². The molecule has 0 spiro atoms. The number of hydrogen-bond acceptors (Lipinski definition) is 5. The number of halogens is 1. The van der Waals surface area contributed by atoms with Crippen LogP contribution in [0.4, 0.5) is 5.95 Å². The molecule has 25 heavy (non-hydrogen) atoms. The molecule has 0 saturated carbocycles. The highest BCUT2D eigenvalue weighted by Crippen LogP contribution is 2.41. The van der Waals surface area contributed by atoms with Crippen molar-refractivity contribution in [3.05, 3.63) is 46.1 Å². The van der Waals surface area contributed by atoms with Gasteiger partial charge in [0.05, 0.1) is 0 Å². The summed E-state index contributed by atoms with van der Waals surface area (Å²) in [6.07, 6.45) is 1.43. The van der Waals surface area contributed by atoms with Gasteiger partial charge in [-0.2, -0.15) is 4.98 Å². The average molecular weight is 375 g/mol. The molecule has 0 saturated heterocycles. The molecule has 1 aliphatic heterocycles. The highest BCUT2D eigenvalue weighted by Gasteiger charge is 2.38. The summed E-state index contributed by atoms with van der Waals surface area (Å²) in [4.78, 5) is 17.4. The van der Waals surface area contributed by atoms with E-state index in [9.17, 15) is 4.79 Å². The lowest BCUT2D eigenvalue weighted by atomic mass is 9.81. The fourth-order valence-electron chi connectivity index (χ4n) is 3.53. The second-order valence-corrected chi connectivity index (χ2v) is 8.17. The Bertz CT molecular complexity index is 858. The molecule has 2 atom stereocenters. The lowest BCUT2D eigenvalue weighted by Crippen LogP contribution is -2.33. The summed E-state index contributed by atoms with van der Waals surface area (Å²) in [6, 6.07) is 7.39. The average Bonchev–Trinajstić information content (AvgIpc) is 2.96. The molecule has 1 aromatic heterocycles. The minimum atomic E-state index is -0.248. The van der Waals surface area contributed by atoms with Crippen LogP contribution < -0.4 is 5.32 Å². The number of aromatic nitrogens is 3. The van der Waals surface area contributed by atoms with Crippen molar-refractivity contribution in [1.29, 1.82) is 0 Å². The number of nitrogens with one attached hydrogen (secondary N) is 1. The molecule has 2 heterocycles. The predicted octanol–water partition coefficient (Wildman–Crippen LogP) is 4.31. The number of carbonyl (C=O) groups is 1. The normalized spacial score (nSPS) is 22.4. The first-order valence-electron chi connectivity index (χ1n) is 8.45. The number of allylic oxidation sites excluding steroid dienone is 2. The van der Waals surface area contributed by atoms with Gasteiger partial charge in [-0.15, -0.1) is 5.10 Å². The van der Waals surface area contributed by atoms with E-state index in [4.69, 9.17) is 11.6 Å². The fraction of sp³-hybridized carbons (Fsp3) is 0.389. The van der Waals surface area contributed by atoms with Crippen LogP contribution >= 0.6 is 23.4 Å². The van der Waals surface area contributed by atoms with Crippen molar-refractivity contribution in [2.24, 2.45) is 5.92 Å². The van der Waals surface area contributed by atoms with Crippen molar-refractivity contribution < 1.29 is 4.79 Å². The quantitative estimate of drug-likeness (QED) is 0.811. The van der Waals surface area contributed by atoms with Crippen LogP contribution in [0.3, 0.4) is 0 Å².